The highest BCUT2D eigenvalue weighted by Crippen LogP contribution is 2.30. The van der Waals surface area contributed by atoms with Gasteiger partial charge in [-0.1, -0.05) is 30.3 Å². The third-order valence-corrected chi connectivity index (χ3v) is 5.31. The minimum atomic E-state index is -0.201. The first kappa shape index (κ1) is 17.3. The fraction of sp³-hybridized carbons (Fsp3) is 0.286. The van der Waals surface area contributed by atoms with E-state index in [0.29, 0.717) is 35.5 Å². The molecule has 0 aliphatic carbocycles. The maximum absolute atomic E-state index is 13.1. The van der Waals surface area contributed by atoms with E-state index in [1.807, 2.05) is 23.1 Å². The summed E-state index contributed by atoms with van der Waals surface area (Å²) in [5, 5.41) is 14.8. The number of phenolic OH excluding ortho intramolecular Hbond substituents is 1. The average Bonchev–Trinajstić information content (AvgIpc) is 2.71. The summed E-state index contributed by atoms with van der Waals surface area (Å²) < 4.78 is 1.23. The number of fused-ring (bicyclic) bond motifs is 1. The van der Waals surface area contributed by atoms with Crippen molar-refractivity contribution >= 4 is 16.7 Å². The molecule has 2 heterocycles. The van der Waals surface area contributed by atoms with Crippen LogP contribution in [0.5, 0.6) is 5.75 Å². The average molecular weight is 363 g/mol. The minimum Gasteiger partial charge on any atom is -0.508 e. The second-order valence-corrected chi connectivity index (χ2v) is 6.98. The van der Waals surface area contributed by atoms with Gasteiger partial charge in [-0.3, -0.25) is 9.59 Å². The first-order valence-electron chi connectivity index (χ1n) is 9.09. The molecule has 1 N–H and O–H groups in total. The highest BCUT2D eigenvalue weighted by molar-refractivity contribution is 6.04. The van der Waals surface area contributed by atoms with Gasteiger partial charge in [0, 0.05) is 25.5 Å². The molecular weight excluding hydrogens is 342 g/mol. The van der Waals surface area contributed by atoms with Crippen LogP contribution in [-0.2, 0) is 7.05 Å². The Balaban J connectivity index is 1.57. The number of amides is 1. The Kier molecular flexibility index (Phi) is 4.39. The van der Waals surface area contributed by atoms with Crippen molar-refractivity contribution in [2.75, 3.05) is 13.1 Å². The molecule has 1 aromatic heterocycles. The Morgan fingerprint density at radius 2 is 1.67 bits per heavy atom. The van der Waals surface area contributed by atoms with Crippen molar-refractivity contribution in [3.63, 3.8) is 0 Å². The summed E-state index contributed by atoms with van der Waals surface area (Å²) in [5.74, 6) is 0.504. The number of rotatable bonds is 2. The molecule has 6 heteroatoms. The SMILES string of the molecule is Cn1nc(C(=O)N2CCC(c3ccc(O)cc3)CC2)c2ccccc2c1=O. The summed E-state index contributed by atoms with van der Waals surface area (Å²) in [6.45, 7) is 1.28. The fourth-order valence-electron chi connectivity index (χ4n) is 3.77. The van der Waals surface area contributed by atoms with Gasteiger partial charge in [-0.15, -0.1) is 0 Å². The minimum absolute atomic E-state index is 0.133. The first-order chi connectivity index (χ1) is 13.0. The molecule has 0 spiro atoms. The van der Waals surface area contributed by atoms with Crippen molar-refractivity contribution in [1.29, 1.82) is 0 Å². The zero-order valence-electron chi connectivity index (χ0n) is 15.1. The van der Waals surface area contributed by atoms with E-state index in [1.165, 1.54) is 10.2 Å². The van der Waals surface area contributed by atoms with Gasteiger partial charge in [0.25, 0.3) is 11.5 Å². The fourth-order valence-corrected chi connectivity index (χ4v) is 3.77. The molecule has 1 amide bonds. The van der Waals surface area contributed by atoms with Crippen LogP contribution in [0, 0.1) is 0 Å². The van der Waals surface area contributed by atoms with E-state index in [-0.39, 0.29) is 17.2 Å². The zero-order chi connectivity index (χ0) is 19.0. The first-order valence-corrected chi connectivity index (χ1v) is 9.09. The van der Waals surface area contributed by atoms with Gasteiger partial charge in [0.1, 0.15) is 5.75 Å². The molecule has 138 valence electrons. The van der Waals surface area contributed by atoms with E-state index in [1.54, 1.807) is 37.4 Å². The molecule has 3 aromatic rings. The molecule has 0 saturated carbocycles. The van der Waals surface area contributed by atoms with Crippen molar-refractivity contribution in [1.82, 2.24) is 14.7 Å². The number of aromatic hydroxyl groups is 1. The lowest BCUT2D eigenvalue weighted by molar-refractivity contribution is 0.0707. The van der Waals surface area contributed by atoms with Crippen LogP contribution in [-0.4, -0.2) is 38.8 Å². The Labute approximate surface area is 156 Å². The molecule has 0 bridgehead atoms. The second-order valence-electron chi connectivity index (χ2n) is 6.98. The lowest BCUT2D eigenvalue weighted by Crippen LogP contribution is -2.39. The number of hydrogen-bond acceptors (Lipinski definition) is 4. The summed E-state index contributed by atoms with van der Waals surface area (Å²) in [6.07, 6.45) is 1.72. The molecule has 6 nitrogen and oxygen atoms in total. The van der Waals surface area contributed by atoms with Crippen LogP contribution >= 0.6 is 0 Å². The van der Waals surface area contributed by atoms with E-state index < -0.39 is 0 Å². The quantitative estimate of drug-likeness (QED) is 0.759. The molecule has 0 unspecified atom stereocenters. The largest absolute Gasteiger partial charge is 0.508 e. The number of hydrogen-bond donors (Lipinski definition) is 1. The van der Waals surface area contributed by atoms with E-state index in [2.05, 4.69) is 5.10 Å². The number of piperidine rings is 1. The van der Waals surface area contributed by atoms with Gasteiger partial charge in [-0.05, 0) is 42.5 Å². The van der Waals surface area contributed by atoms with E-state index in [9.17, 15) is 14.7 Å². The number of likely N-dealkylation sites (tertiary alicyclic amines) is 1. The number of benzene rings is 2. The Hall–Kier alpha value is -3.15. The highest BCUT2D eigenvalue weighted by atomic mass is 16.3. The third-order valence-electron chi connectivity index (χ3n) is 5.31. The van der Waals surface area contributed by atoms with Crippen molar-refractivity contribution in [3.8, 4) is 5.75 Å². The van der Waals surface area contributed by atoms with Gasteiger partial charge in [-0.25, -0.2) is 4.68 Å². The van der Waals surface area contributed by atoms with Crippen LogP contribution in [0.25, 0.3) is 10.8 Å². The molecule has 0 atom stereocenters. The monoisotopic (exact) mass is 363 g/mol. The maximum atomic E-state index is 13.1. The van der Waals surface area contributed by atoms with E-state index >= 15 is 0 Å². The molecule has 1 aliphatic heterocycles. The molecule has 2 aromatic carbocycles. The molecule has 4 rings (SSSR count). The molecular formula is C21H21N3O3. The summed E-state index contributed by atoms with van der Waals surface area (Å²) in [6, 6.07) is 14.4. The summed E-state index contributed by atoms with van der Waals surface area (Å²) in [5.41, 5.74) is 1.31. The van der Waals surface area contributed by atoms with Gasteiger partial charge in [0.15, 0.2) is 5.69 Å². The molecule has 27 heavy (non-hydrogen) atoms. The zero-order valence-corrected chi connectivity index (χ0v) is 15.1. The van der Waals surface area contributed by atoms with E-state index in [4.69, 9.17) is 0 Å². The second kappa shape index (κ2) is 6.87. The van der Waals surface area contributed by atoms with Gasteiger partial charge in [-0.2, -0.15) is 5.10 Å². The van der Waals surface area contributed by atoms with Gasteiger partial charge in [0.05, 0.1) is 5.39 Å². The lowest BCUT2D eigenvalue weighted by Gasteiger charge is -2.32. The van der Waals surface area contributed by atoms with Gasteiger partial charge in [0.2, 0.25) is 0 Å². The molecule has 1 aliphatic rings. The Morgan fingerprint density at radius 1 is 1.04 bits per heavy atom. The number of aryl methyl sites for hydroxylation is 1. The number of carbonyl (C=O) groups excluding carboxylic acids is 1. The predicted octanol–water partition coefficient (Wildman–Crippen LogP) is 2.66. The summed E-state index contributed by atoms with van der Waals surface area (Å²) >= 11 is 0. The number of aromatic nitrogens is 2. The van der Waals surface area contributed by atoms with Crippen molar-refractivity contribution in [2.24, 2.45) is 7.05 Å². The number of nitrogens with zero attached hydrogens (tertiary/aromatic N) is 3. The molecule has 1 fully saturated rings. The van der Waals surface area contributed by atoms with Crippen molar-refractivity contribution in [3.05, 3.63) is 70.1 Å². The van der Waals surface area contributed by atoms with Crippen molar-refractivity contribution in [2.45, 2.75) is 18.8 Å². The number of phenols is 1. The Bertz CT molecular complexity index is 1050. The predicted molar refractivity (Wildman–Crippen MR) is 103 cm³/mol. The van der Waals surface area contributed by atoms with Crippen LogP contribution in [0.4, 0.5) is 0 Å². The van der Waals surface area contributed by atoms with E-state index in [0.717, 1.165) is 12.8 Å². The van der Waals surface area contributed by atoms with Crippen LogP contribution in [0.2, 0.25) is 0 Å². The van der Waals surface area contributed by atoms with Crippen molar-refractivity contribution < 1.29 is 9.90 Å². The van der Waals surface area contributed by atoms with Crippen LogP contribution in [0.3, 0.4) is 0 Å². The van der Waals surface area contributed by atoms with Crippen LogP contribution in [0.1, 0.15) is 34.8 Å². The Morgan fingerprint density at radius 3 is 2.33 bits per heavy atom. The highest BCUT2D eigenvalue weighted by Gasteiger charge is 2.27. The van der Waals surface area contributed by atoms with Crippen LogP contribution in [0.15, 0.2) is 53.3 Å². The summed E-state index contributed by atoms with van der Waals surface area (Å²) in [7, 11) is 1.57. The standard InChI is InChI=1S/C21H21N3O3/c1-23-20(26)18-5-3-2-4-17(18)19(22-23)21(27)24-12-10-15(11-13-24)14-6-8-16(25)9-7-14/h2-9,15,25H,10-13H2,1H3. The maximum Gasteiger partial charge on any atom is 0.274 e. The third kappa shape index (κ3) is 3.18. The normalized spacial score (nSPS) is 15.2. The van der Waals surface area contributed by atoms with Gasteiger partial charge < -0.3 is 10.0 Å². The molecule has 1 saturated heterocycles. The molecule has 0 radical (unpaired) electrons. The lowest BCUT2D eigenvalue weighted by atomic mass is 9.89. The topological polar surface area (TPSA) is 75.4 Å². The van der Waals surface area contributed by atoms with Gasteiger partial charge >= 0.3 is 0 Å². The summed E-state index contributed by atoms with van der Waals surface area (Å²) in [4.78, 5) is 27.2. The smallest absolute Gasteiger partial charge is 0.274 e. The number of carbonyl (C=O) groups is 1. The van der Waals surface area contributed by atoms with Crippen LogP contribution < -0.4 is 5.56 Å².